The number of carbonyl (C=O) groups is 2. The van der Waals surface area contributed by atoms with E-state index in [1.807, 2.05) is 37.3 Å². The first-order valence-corrected chi connectivity index (χ1v) is 8.72. The lowest BCUT2D eigenvalue weighted by Gasteiger charge is -2.15. The van der Waals surface area contributed by atoms with Crippen LogP contribution in [0.5, 0.6) is 0 Å². The molecule has 0 bridgehead atoms. The van der Waals surface area contributed by atoms with Gasteiger partial charge in [-0.3, -0.25) is 4.79 Å². The van der Waals surface area contributed by atoms with Crippen LogP contribution >= 0.6 is 11.8 Å². The second-order valence-electron chi connectivity index (χ2n) is 5.40. The standard InChI is InChI=1S/C19H21NO3S/c1-13-16(19(22)23-3)10-7-11-17(13)20-18(21)14(2)24-12-15-8-5-4-6-9-15/h4-11,14H,12H2,1-3H3,(H,20,21)/t14-/m0/s1. The summed E-state index contributed by atoms with van der Waals surface area (Å²) >= 11 is 1.57. The lowest BCUT2D eigenvalue weighted by atomic mass is 10.1. The maximum absolute atomic E-state index is 12.4. The van der Waals surface area contributed by atoms with Crippen LogP contribution in [0.25, 0.3) is 0 Å². The van der Waals surface area contributed by atoms with Crippen LogP contribution in [0.2, 0.25) is 0 Å². The van der Waals surface area contributed by atoms with Crippen LogP contribution in [0.3, 0.4) is 0 Å². The highest BCUT2D eigenvalue weighted by molar-refractivity contribution is 7.99. The molecule has 1 atom stereocenters. The van der Waals surface area contributed by atoms with Gasteiger partial charge in [-0.15, -0.1) is 11.8 Å². The van der Waals surface area contributed by atoms with E-state index >= 15 is 0 Å². The van der Waals surface area contributed by atoms with E-state index in [0.717, 1.165) is 5.75 Å². The predicted molar refractivity (Wildman–Crippen MR) is 98.3 cm³/mol. The van der Waals surface area contributed by atoms with E-state index in [4.69, 9.17) is 4.74 Å². The number of nitrogens with one attached hydrogen (secondary N) is 1. The van der Waals surface area contributed by atoms with Crippen molar-refractivity contribution in [2.75, 3.05) is 12.4 Å². The Morgan fingerprint density at radius 2 is 1.83 bits per heavy atom. The van der Waals surface area contributed by atoms with Crippen LogP contribution in [0, 0.1) is 6.92 Å². The van der Waals surface area contributed by atoms with Crippen LogP contribution < -0.4 is 5.32 Å². The number of amides is 1. The Balaban J connectivity index is 2.00. The number of benzene rings is 2. The van der Waals surface area contributed by atoms with Gasteiger partial charge in [0.1, 0.15) is 0 Å². The maximum Gasteiger partial charge on any atom is 0.338 e. The van der Waals surface area contributed by atoms with Gasteiger partial charge in [0.05, 0.1) is 17.9 Å². The Morgan fingerprint density at radius 3 is 2.50 bits per heavy atom. The molecule has 0 fully saturated rings. The third-order valence-electron chi connectivity index (χ3n) is 3.71. The highest BCUT2D eigenvalue weighted by Crippen LogP contribution is 2.23. The molecule has 5 heteroatoms. The van der Waals surface area contributed by atoms with E-state index in [1.54, 1.807) is 36.9 Å². The molecule has 1 N–H and O–H groups in total. The van der Waals surface area contributed by atoms with Gasteiger partial charge >= 0.3 is 5.97 Å². The molecule has 0 aliphatic carbocycles. The number of hydrogen-bond acceptors (Lipinski definition) is 4. The molecule has 0 radical (unpaired) electrons. The average Bonchev–Trinajstić information content (AvgIpc) is 2.61. The molecule has 0 aliphatic heterocycles. The quantitative estimate of drug-likeness (QED) is 0.804. The Morgan fingerprint density at radius 1 is 1.12 bits per heavy atom. The molecule has 24 heavy (non-hydrogen) atoms. The molecular weight excluding hydrogens is 322 g/mol. The Bertz CT molecular complexity index is 716. The highest BCUT2D eigenvalue weighted by Gasteiger charge is 2.17. The summed E-state index contributed by atoms with van der Waals surface area (Å²) in [4.78, 5) is 24.1. The van der Waals surface area contributed by atoms with Crippen molar-refractivity contribution in [3.63, 3.8) is 0 Å². The number of hydrogen-bond donors (Lipinski definition) is 1. The summed E-state index contributed by atoms with van der Waals surface area (Å²) < 4.78 is 4.76. The van der Waals surface area contributed by atoms with Crippen LogP contribution in [-0.4, -0.2) is 24.2 Å². The maximum atomic E-state index is 12.4. The minimum absolute atomic E-state index is 0.0824. The molecule has 0 saturated heterocycles. The van der Waals surface area contributed by atoms with Crippen molar-refractivity contribution in [1.29, 1.82) is 0 Å². The smallest absolute Gasteiger partial charge is 0.338 e. The largest absolute Gasteiger partial charge is 0.465 e. The number of anilines is 1. The SMILES string of the molecule is COC(=O)c1cccc(NC(=O)[C@H](C)SCc2ccccc2)c1C. The third kappa shape index (κ3) is 4.61. The van der Waals surface area contributed by atoms with Gasteiger partial charge in [-0.05, 0) is 37.1 Å². The zero-order chi connectivity index (χ0) is 17.5. The zero-order valence-electron chi connectivity index (χ0n) is 14.0. The summed E-state index contributed by atoms with van der Waals surface area (Å²) in [5.41, 5.74) is 2.99. The van der Waals surface area contributed by atoms with Crippen molar-refractivity contribution in [2.24, 2.45) is 0 Å². The number of esters is 1. The summed E-state index contributed by atoms with van der Waals surface area (Å²) in [7, 11) is 1.34. The molecular formula is C19H21NO3S. The van der Waals surface area contributed by atoms with E-state index in [0.29, 0.717) is 16.8 Å². The van der Waals surface area contributed by atoms with Crippen molar-refractivity contribution in [3.05, 3.63) is 65.2 Å². The van der Waals surface area contributed by atoms with Crippen molar-refractivity contribution in [3.8, 4) is 0 Å². The fourth-order valence-electron chi connectivity index (χ4n) is 2.21. The van der Waals surface area contributed by atoms with E-state index in [2.05, 4.69) is 5.32 Å². The van der Waals surface area contributed by atoms with Crippen LogP contribution in [0.1, 0.15) is 28.4 Å². The molecule has 1 amide bonds. The van der Waals surface area contributed by atoms with Crippen LogP contribution in [0.4, 0.5) is 5.69 Å². The fourth-order valence-corrected chi connectivity index (χ4v) is 3.05. The molecule has 2 aromatic carbocycles. The molecule has 2 rings (SSSR count). The number of rotatable bonds is 6. The minimum atomic E-state index is -0.407. The average molecular weight is 343 g/mol. The number of methoxy groups -OCH3 is 1. The first-order valence-electron chi connectivity index (χ1n) is 7.67. The van der Waals surface area contributed by atoms with Gasteiger partial charge in [0.15, 0.2) is 0 Å². The summed E-state index contributed by atoms with van der Waals surface area (Å²) in [6.07, 6.45) is 0. The Hall–Kier alpha value is -2.27. The number of ether oxygens (including phenoxy) is 1. The summed E-state index contributed by atoms with van der Waals surface area (Å²) in [5.74, 6) is 0.285. The van der Waals surface area contributed by atoms with Crippen molar-refractivity contribution in [1.82, 2.24) is 0 Å². The van der Waals surface area contributed by atoms with Crippen molar-refractivity contribution >= 4 is 29.3 Å². The molecule has 2 aromatic rings. The van der Waals surface area contributed by atoms with Crippen LogP contribution in [-0.2, 0) is 15.3 Å². The lowest BCUT2D eigenvalue weighted by Crippen LogP contribution is -2.23. The summed E-state index contributed by atoms with van der Waals surface area (Å²) in [5, 5.41) is 2.70. The number of thioether (sulfide) groups is 1. The molecule has 126 valence electrons. The van der Waals surface area contributed by atoms with Gasteiger partial charge in [-0.25, -0.2) is 4.79 Å². The highest BCUT2D eigenvalue weighted by atomic mass is 32.2. The second-order valence-corrected chi connectivity index (χ2v) is 6.73. The van der Waals surface area contributed by atoms with Gasteiger partial charge < -0.3 is 10.1 Å². The van der Waals surface area contributed by atoms with Gasteiger partial charge in [0.25, 0.3) is 0 Å². The first kappa shape index (κ1) is 18.1. The van der Waals surface area contributed by atoms with E-state index in [1.165, 1.54) is 12.7 Å². The summed E-state index contributed by atoms with van der Waals surface area (Å²) in [6.45, 7) is 3.67. The molecule has 0 unspecified atom stereocenters. The van der Waals surface area contributed by atoms with Crippen molar-refractivity contribution in [2.45, 2.75) is 24.9 Å². The Kier molecular flexibility index (Phi) is 6.44. The second kappa shape index (κ2) is 8.55. The number of carbonyl (C=O) groups excluding carboxylic acids is 2. The van der Waals surface area contributed by atoms with Gasteiger partial charge in [0.2, 0.25) is 5.91 Å². The van der Waals surface area contributed by atoms with Gasteiger partial charge in [-0.2, -0.15) is 0 Å². The lowest BCUT2D eigenvalue weighted by molar-refractivity contribution is -0.115. The molecule has 4 nitrogen and oxygen atoms in total. The normalized spacial score (nSPS) is 11.6. The topological polar surface area (TPSA) is 55.4 Å². The third-order valence-corrected chi connectivity index (χ3v) is 4.92. The van der Waals surface area contributed by atoms with Crippen molar-refractivity contribution < 1.29 is 14.3 Å². The molecule has 0 heterocycles. The van der Waals surface area contributed by atoms with E-state index in [-0.39, 0.29) is 11.2 Å². The first-order chi connectivity index (χ1) is 11.5. The van der Waals surface area contributed by atoms with Crippen LogP contribution in [0.15, 0.2) is 48.5 Å². The summed E-state index contributed by atoms with van der Waals surface area (Å²) in [6, 6.07) is 15.2. The molecule has 0 aliphatic rings. The van der Waals surface area contributed by atoms with E-state index < -0.39 is 5.97 Å². The minimum Gasteiger partial charge on any atom is -0.465 e. The van der Waals surface area contributed by atoms with E-state index in [9.17, 15) is 9.59 Å². The molecule has 0 aromatic heterocycles. The van der Waals surface area contributed by atoms with Gasteiger partial charge in [-0.1, -0.05) is 36.4 Å². The van der Waals surface area contributed by atoms with Gasteiger partial charge in [0, 0.05) is 11.4 Å². The zero-order valence-corrected chi connectivity index (χ0v) is 14.9. The predicted octanol–water partition coefficient (Wildman–Crippen LogP) is 4.04. The monoisotopic (exact) mass is 343 g/mol. The molecule has 0 saturated carbocycles. The fraction of sp³-hybridized carbons (Fsp3) is 0.263. The Labute approximate surface area is 146 Å². The molecule has 0 spiro atoms.